The highest BCUT2D eigenvalue weighted by atomic mass is 35.5. The molecule has 5 nitrogen and oxygen atoms in total. The van der Waals surface area contributed by atoms with E-state index in [9.17, 15) is 9.59 Å². The van der Waals surface area contributed by atoms with Crippen LogP contribution in [0.3, 0.4) is 0 Å². The molecule has 0 aromatic heterocycles. The summed E-state index contributed by atoms with van der Waals surface area (Å²) < 4.78 is 5.42. The quantitative estimate of drug-likeness (QED) is 0.745. The molecule has 2 rings (SSSR count). The second-order valence-corrected chi connectivity index (χ2v) is 6.41. The van der Waals surface area contributed by atoms with Gasteiger partial charge in [0.1, 0.15) is 5.75 Å². The number of benzene rings is 2. The number of carbonyl (C=O) groups excluding carboxylic acids is 2. The fourth-order valence-corrected chi connectivity index (χ4v) is 2.99. The van der Waals surface area contributed by atoms with Crippen molar-refractivity contribution in [2.24, 2.45) is 0 Å². The number of para-hydroxylation sites is 1. The van der Waals surface area contributed by atoms with Crippen LogP contribution in [0, 0.1) is 0 Å². The Labute approximate surface area is 162 Å². The Kier molecular flexibility index (Phi) is 7.30. The molecule has 0 radical (unpaired) electrons. The van der Waals surface area contributed by atoms with Crippen molar-refractivity contribution in [1.82, 2.24) is 10.6 Å². The molecule has 0 spiro atoms. The van der Waals surface area contributed by atoms with E-state index in [0.29, 0.717) is 28.0 Å². The van der Waals surface area contributed by atoms with E-state index in [1.807, 2.05) is 6.92 Å². The summed E-state index contributed by atoms with van der Waals surface area (Å²) in [6.07, 6.45) is 0. The molecule has 1 unspecified atom stereocenters. The third-order valence-corrected chi connectivity index (χ3v) is 4.21. The zero-order chi connectivity index (χ0) is 19.1. The lowest BCUT2D eigenvalue weighted by Gasteiger charge is -2.16. The summed E-state index contributed by atoms with van der Waals surface area (Å²) in [5.41, 5.74) is 1.13. The van der Waals surface area contributed by atoms with Gasteiger partial charge in [-0.2, -0.15) is 0 Å². The van der Waals surface area contributed by atoms with E-state index in [1.54, 1.807) is 49.4 Å². The molecule has 2 N–H and O–H groups in total. The van der Waals surface area contributed by atoms with Crippen LogP contribution in [0.1, 0.15) is 35.8 Å². The van der Waals surface area contributed by atoms with Crippen LogP contribution in [-0.4, -0.2) is 25.0 Å². The van der Waals surface area contributed by atoms with Crippen molar-refractivity contribution in [2.75, 3.05) is 13.2 Å². The third kappa shape index (κ3) is 5.38. The molecular weight excluding hydrogens is 375 g/mol. The van der Waals surface area contributed by atoms with Crippen LogP contribution in [0.5, 0.6) is 5.75 Å². The van der Waals surface area contributed by atoms with E-state index in [2.05, 4.69) is 10.6 Å². The van der Waals surface area contributed by atoms with Gasteiger partial charge in [-0.15, -0.1) is 0 Å². The molecule has 0 fully saturated rings. The molecular formula is C19H20Cl2N2O3. The van der Waals surface area contributed by atoms with Gasteiger partial charge in [0, 0.05) is 10.0 Å². The summed E-state index contributed by atoms with van der Waals surface area (Å²) >= 11 is 12.0. The second kappa shape index (κ2) is 9.46. The first kappa shape index (κ1) is 20.1. The smallest absolute Gasteiger partial charge is 0.255 e. The largest absolute Gasteiger partial charge is 0.493 e. The maximum Gasteiger partial charge on any atom is 0.255 e. The normalized spacial score (nSPS) is 11.5. The van der Waals surface area contributed by atoms with Gasteiger partial charge in [0.25, 0.3) is 5.91 Å². The van der Waals surface area contributed by atoms with E-state index in [-0.39, 0.29) is 24.4 Å². The van der Waals surface area contributed by atoms with Gasteiger partial charge in [0.2, 0.25) is 5.91 Å². The molecule has 2 aromatic rings. The van der Waals surface area contributed by atoms with Crippen LogP contribution in [-0.2, 0) is 4.79 Å². The van der Waals surface area contributed by atoms with Gasteiger partial charge in [0.15, 0.2) is 0 Å². The van der Waals surface area contributed by atoms with Gasteiger partial charge in [-0.1, -0.05) is 41.4 Å². The van der Waals surface area contributed by atoms with Crippen molar-refractivity contribution in [3.05, 3.63) is 63.6 Å². The topological polar surface area (TPSA) is 67.4 Å². The van der Waals surface area contributed by atoms with Gasteiger partial charge < -0.3 is 15.4 Å². The van der Waals surface area contributed by atoms with E-state index >= 15 is 0 Å². The zero-order valence-electron chi connectivity index (χ0n) is 14.5. The van der Waals surface area contributed by atoms with Crippen molar-refractivity contribution in [1.29, 1.82) is 0 Å². The first-order valence-electron chi connectivity index (χ1n) is 8.16. The standard InChI is InChI=1S/C19H20Cl2N2O3/c1-3-26-17-7-5-4-6-15(17)19(25)22-11-18(24)23-12(2)14-9-8-13(20)10-16(14)21/h4-10,12H,3,11H2,1-2H3,(H,22,25)(H,23,24). The SMILES string of the molecule is CCOc1ccccc1C(=O)NCC(=O)NC(C)c1ccc(Cl)cc1Cl. The molecule has 138 valence electrons. The van der Waals surface area contributed by atoms with Gasteiger partial charge in [-0.3, -0.25) is 9.59 Å². The Morgan fingerprint density at radius 3 is 2.58 bits per heavy atom. The number of nitrogens with one attached hydrogen (secondary N) is 2. The summed E-state index contributed by atoms with van der Waals surface area (Å²) in [7, 11) is 0. The predicted molar refractivity (Wildman–Crippen MR) is 103 cm³/mol. The van der Waals surface area contributed by atoms with Gasteiger partial charge in [-0.25, -0.2) is 0 Å². The summed E-state index contributed by atoms with van der Waals surface area (Å²) in [6.45, 7) is 3.93. The first-order chi connectivity index (χ1) is 12.4. The summed E-state index contributed by atoms with van der Waals surface area (Å²) in [5, 5.41) is 6.38. The highest BCUT2D eigenvalue weighted by Crippen LogP contribution is 2.26. The van der Waals surface area contributed by atoms with Crippen molar-refractivity contribution < 1.29 is 14.3 Å². The van der Waals surface area contributed by atoms with Crippen LogP contribution in [0.4, 0.5) is 0 Å². The van der Waals surface area contributed by atoms with Gasteiger partial charge >= 0.3 is 0 Å². The van der Waals surface area contributed by atoms with Gasteiger partial charge in [0.05, 0.1) is 24.8 Å². The summed E-state index contributed by atoms with van der Waals surface area (Å²) in [5.74, 6) is -0.221. The molecule has 0 aliphatic carbocycles. The fourth-order valence-electron chi connectivity index (χ4n) is 2.41. The zero-order valence-corrected chi connectivity index (χ0v) is 16.0. The molecule has 2 aromatic carbocycles. The Hall–Kier alpha value is -2.24. The maximum atomic E-state index is 12.3. The molecule has 0 aliphatic rings. The van der Waals surface area contributed by atoms with Crippen LogP contribution < -0.4 is 15.4 Å². The maximum absolute atomic E-state index is 12.3. The lowest BCUT2D eigenvalue weighted by molar-refractivity contribution is -0.120. The minimum atomic E-state index is -0.374. The fraction of sp³-hybridized carbons (Fsp3) is 0.263. The number of rotatable bonds is 7. The number of carbonyl (C=O) groups is 2. The lowest BCUT2D eigenvalue weighted by atomic mass is 10.1. The lowest BCUT2D eigenvalue weighted by Crippen LogP contribution is -2.38. The first-order valence-corrected chi connectivity index (χ1v) is 8.92. The Balaban J connectivity index is 1.93. The van der Waals surface area contributed by atoms with Crippen LogP contribution in [0.15, 0.2) is 42.5 Å². The molecule has 0 heterocycles. The number of amides is 2. The van der Waals surface area contributed by atoms with E-state index in [1.165, 1.54) is 0 Å². The molecule has 0 bridgehead atoms. The number of hydrogen-bond acceptors (Lipinski definition) is 3. The Bertz CT molecular complexity index is 796. The van der Waals surface area contributed by atoms with E-state index in [0.717, 1.165) is 5.56 Å². The monoisotopic (exact) mass is 394 g/mol. The Morgan fingerprint density at radius 2 is 1.88 bits per heavy atom. The van der Waals surface area contributed by atoms with Crippen LogP contribution in [0.25, 0.3) is 0 Å². The number of halogens is 2. The molecule has 0 saturated heterocycles. The minimum Gasteiger partial charge on any atom is -0.493 e. The average molecular weight is 395 g/mol. The molecule has 2 amide bonds. The van der Waals surface area contributed by atoms with Crippen molar-refractivity contribution >= 4 is 35.0 Å². The molecule has 0 saturated carbocycles. The highest BCUT2D eigenvalue weighted by Gasteiger charge is 2.16. The minimum absolute atomic E-state index is 0.158. The van der Waals surface area contributed by atoms with Crippen LogP contribution in [0.2, 0.25) is 10.0 Å². The predicted octanol–water partition coefficient (Wildman–Crippen LogP) is 4.00. The van der Waals surface area contributed by atoms with Crippen molar-refractivity contribution in [2.45, 2.75) is 19.9 Å². The van der Waals surface area contributed by atoms with E-state index in [4.69, 9.17) is 27.9 Å². The number of ether oxygens (including phenoxy) is 1. The number of hydrogen-bond donors (Lipinski definition) is 2. The molecule has 1 atom stereocenters. The van der Waals surface area contributed by atoms with Gasteiger partial charge in [-0.05, 0) is 43.7 Å². The summed E-state index contributed by atoms with van der Waals surface area (Å²) in [6, 6.07) is 11.6. The van der Waals surface area contributed by atoms with Crippen molar-refractivity contribution in [3.63, 3.8) is 0 Å². The molecule has 0 aliphatic heterocycles. The summed E-state index contributed by atoms with van der Waals surface area (Å²) in [4.78, 5) is 24.4. The molecule has 7 heteroatoms. The van der Waals surface area contributed by atoms with Crippen LogP contribution >= 0.6 is 23.2 Å². The highest BCUT2D eigenvalue weighted by molar-refractivity contribution is 6.35. The third-order valence-electron chi connectivity index (χ3n) is 3.65. The second-order valence-electron chi connectivity index (χ2n) is 5.57. The van der Waals surface area contributed by atoms with Crippen molar-refractivity contribution in [3.8, 4) is 5.75 Å². The van der Waals surface area contributed by atoms with E-state index < -0.39 is 0 Å². The average Bonchev–Trinajstić information content (AvgIpc) is 2.60. The Morgan fingerprint density at radius 1 is 1.15 bits per heavy atom. The molecule has 26 heavy (non-hydrogen) atoms.